The third kappa shape index (κ3) is 2.03. The molecule has 0 radical (unpaired) electrons. The Labute approximate surface area is 110 Å². The molecule has 0 saturated carbocycles. The van der Waals surface area contributed by atoms with Crippen LogP contribution in [0.1, 0.15) is 17.2 Å². The summed E-state index contributed by atoms with van der Waals surface area (Å²) in [5, 5.41) is 3.18. The average molecular weight is 261 g/mol. The fraction of sp³-hybridized carbons (Fsp3) is 0.200. The highest BCUT2D eigenvalue weighted by atomic mass is 19.1. The molecule has 0 amide bonds. The second-order valence-corrected chi connectivity index (χ2v) is 4.57. The van der Waals surface area contributed by atoms with Crippen LogP contribution in [0.15, 0.2) is 36.4 Å². The second kappa shape index (κ2) is 4.53. The quantitative estimate of drug-likeness (QED) is 0.842. The maximum absolute atomic E-state index is 13.7. The van der Waals surface area contributed by atoms with Gasteiger partial charge in [-0.15, -0.1) is 0 Å². The van der Waals surface area contributed by atoms with E-state index in [1.807, 2.05) is 19.1 Å². The number of anilines is 1. The summed E-state index contributed by atoms with van der Waals surface area (Å²) >= 11 is 0. The number of nitrogens with one attached hydrogen (secondary N) is 1. The maximum atomic E-state index is 13.7. The van der Waals surface area contributed by atoms with E-state index in [2.05, 4.69) is 5.32 Å². The first-order valence-electron chi connectivity index (χ1n) is 6.11. The zero-order valence-electron chi connectivity index (χ0n) is 10.4. The number of hydrogen-bond donors (Lipinski definition) is 1. The molecule has 98 valence electrons. The van der Waals surface area contributed by atoms with Gasteiger partial charge in [0.05, 0.1) is 17.8 Å². The number of para-hydroxylation sites is 1. The van der Waals surface area contributed by atoms with E-state index in [0.717, 1.165) is 11.3 Å². The van der Waals surface area contributed by atoms with Crippen molar-refractivity contribution < 1.29 is 13.5 Å². The number of halogens is 2. The lowest BCUT2D eigenvalue weighted by Gasteiger charge is -2.29. The van der Waals surface area contributed by atoms with Crippen LogP contribution in [-0.2, 0) is 0 Å². The molecule has 0 aliphatic carbocycles. The zero-order valence-corrected chi connectivity index (χ0v) is 10.4. The summed E-state index contributed by atoms with van der Waals surface area (Å²) in [6, 6.07) is 9.44. The number of benzene rings is 2. The molecule has 19 heavy (non-hydrogen) atoms. The molecule has 1 N–H and O–H groups in total. The van der Waals surface area contributed by atoms with Gasteiger partial charge in [-0.25, -0.2) is 8.78 Å². The van der Waals surface area contributed by atoms with Gasteiger partial charge in [0.1, 0.15) is 23.5 Å². The molecule has 0 aromatic heterocycles. The topological polar surface area (TPSA) is 21.3 Å². The number of rotatable bonds is 1. The number of aryl methyl sites for hydroxylation is 1. The van der Waals surface area contributed by atoms with Crippen LogP contribution in [-0.4, -0.2) is 6.54 Å². The fourth-order valence-electron chi connectivity index (χ4n) is 2.33. The fourth-order valence-corrected chi connectivity index (χ4v) is 2.33. The van der Waals surface area contributed by atoms with E-state index in [1.54, 1.807) is 6.07 Å². The van der Waals surface area contributed by atoms with Crippen molar-refractivity contribution in [3.63, 3.8) is 0 Å². The monoisotopic (exact) mass is 261 g/mol. The Morgan fingerprint density at radius 1 is 1.11 bits per heavy atom. The van der Waals surface area contributed by atoms with E-state index < -0.39 is 17.7 Å². The van der Waals surface area contributed by atoms with E-state index in [1.165, 1.54) is 18.2 Å². The van der Waals surface area contributed by atoms with Crippen molar-refractivity contribution in [3.8, 4) is 5.75 Å². The van der Waals surface area contributed by atoms with Crippen LogP contribution < -0.4 is 10.1 Å². The Morgan fingerprint density at radius 2 is 1.79 bits per heavy atom. The third-order valence-corrected chi connectivity index (χ3v) is 3.29. The molecular formula is C15H13F2NO. The molecule has 1 heterocycles. The van der Waals surface area contributed by atoms with Crippen LogP contribution in [0.4, 0.5) is 14.5 Å². The van der Waals surface area contributed by atoms with Crippen molar-refractivity contribution in [1.82, 2.24) is 0 Å². The average Bonchev–Trinajstić information content (AvgIpc) is 2.39. The van der Waals surface area contributed by atoms with Gasteiger partial charge >= 0.3 is 0 Å². The molecule has 3 rings (SSSR count). The van der Waals surface area contributed by atoms with E-state index in [4.69, 9.17) is 4.74 Å². The minimum atomic E-state index is -0.657. The highest BCUT2D eigenvalue weighted by molar-refractivity contribution is 5.63. The van der Waals surface area contributed by atoms with Crippen LogP contribution in [0, 0.1) is 18.6 Å². The van der Waals surface area contributed by atoms with Crippen molar-refractivity contribution in [1.29, 1.82) is 0 Å². The molecule has 2 aromatic rings. The van der Waals surface area contributed by atoms with Gasteiger partial charge in [-0.1, -0.05) is 18.2 Å². The summed E-state index contributed by atoms with van der Waals surface area (Å²) in [6.45, 7) is 2.30. The van der Waals surface area contributed by atoms with Gasteiger partial charge in [-0.05, 0) is 30.7 Å². The van der Waals surface area contributed by atoms with E-state index in [-0.39, 0.29) is 5.56 Å². The van der Waals surface area contributed by atoms with Gasteiger partial charge in [-0.3, -0.25) is 0 Å². The summed E-state index contributed by atoms with van der Waals surface area (Å²) in [5.41, 5.74) is 1.91. The molecule has 0 saturated heterocycles. The summed E-state index contributed by atoms with van der Waals surface area (Å²) in [5.74, 6) is -0.537. The molecule has 1 atom stereocenters. The first-order chi connectivity index (χ1) is 9.16. The van der Waals surface area contributed by atoms with E-state index in [9.17, 15) is 8.78 Å². The van der Waals surface area contributed by atoms with Crippen LogP contribution >= 0.6 is 0 Å². The van der Waals surface area contributed by atoms with Gasteiger partial charge in [0.2, 0.25) is 0 Å². The Morgan fingerprint density at radius 3 is 2.53 bits per heavy atom. The van der Waals surface area contributed by atoms with Gasteiger partial charge in [0.25, 0.3) is 0 Å². The SMILES string of the molecule is Cc1cccc2c1NCC(c1c(F)cccc1F)O2. The lowest BCUT2D eigenvalue weighted by molar-refractivity contribution is 0.199. The normalized spacial score (nSPS) is 17.3. The zero-order chi connectivity index (χ0) is 13.4. The summed E-state index contributed by atoms with van der Waals surface area (Å²) in [4.78, 5) is 0. The largest absolute Gasteiger partial charge is 0.481 e. The second-order valence-electron chi connectivity index (χ2n) is 4.57. The van der Waals surface area contributed by atoms with Crippen molar-refractivity contribution >= 4 is 5.69 Å². The minimum absolute atomic E-state index is 0.0258. The molecule has 0 fully saturated rings. The lowest BCUT2D eigenvalue weighted by Crippen LogP contribution is -2.25. The molecule has 0 spiro atoms. The van der Waals surface area contributed by atoms with Gasteiger partial charge < -0.3 is 10.1 Å². The number of hydrogen-bond acceptors (Lipinski definition) is 2. The Bertz CT molecular complexity index is 607. The predicted molar refractivity (Wildman–Crippen MR) is 69.4 cm³/mol. The third-order valence-electron chi connectivity index (χ3n) is 3.29. The lowest BCUT2D eigenvalue weighted by atomic mass is 10.0. The van der Waals surface area contributed by atoms with Crippen LogP contribution in [0.3, 0.4) is 0 Å². The maximum Gasteiger partial charge on any atom is 0.147 e. The smallest absolute Gasteiger partial charge is 0.147 e. The van der Waals surface area contributed by atoms with Gasteiger partial charge in [0, 0.05) is 0 Å². The van der Waals surface area contributed by atoms with Crippen molar-refractivity contribution in [2.24, 2.45) is 0 Å². The first kappa shape index (κ1) is 12.0. The Hall–Kier alpha value is -2.10. The summed E-state index contributed by atoms with van der Waals surface area (Å²) in [6.07, 6.45) is -0.657. The molecular weight excluding hydrogens is 248 g/mol. The van der Waals surface area contributed by atoms with Gasteiger partial charge in [-0.2, -0.15) is 0 Å². The molecule has 1 aliphatic heterocycles. The standard InChI is InChI=1S/C15H13F2NO/c1-9-4-2-7-12-15(9)18-8-13(19-12)14-10(16)5-3-6-11(14)17/h2-7,13,18H,8H2,1H3. The van der Waals surface area contributed by atoms with Crippen molar-refractivity contribution in [2.75, 3.05) is 11.9 Å². The molecule has 1 aliphatic rings. The molecule has 0 bridgehead atoms. The van der Waals surface area contributed by atoms with E-state index >= 15 is 0 Å². The van der Waals surface area contributed by atoms with Crippen molar-refractivity contribution in [3.05, 3.63) is 59.2 Å². The van der Waals surface area contributed by atoms with Crippen LogP contribution in [0.5, 0.6) is 5.75 Å². The van der Waals surface area contributed by atoms with E-state index in [0.29, 0.717) is 12.3 Å². The Kier molecular flexibility index (Phi) is 2.85. The number of ether oxygens (including phenoxy) is 1. The molecule has 2 nitrogen and oxygen atoms in total. The summed E-state index contributed by atoms with van der Waals surface area (Å²) in [7, 11) is 0. The molecule has 2 aromatic carbocycles. The van der Waals surface area contributed by atoms with Crippen molar-refractivity contribution in [2.45, 2.75) is 13.0 Å². The first-order valence-corrected chi connectivity index (χ1v) is 6.11. The Balaban J connectivity index is 1.98. The highest BCUT2D eigenvalue weighted by Crippen LogP contribution is 2.37. The highest BCUT2D eigenvalue weighted by Gasteiger charge is 2.26. The van der Waals surface area contributed by atoms with Crippen LogP contribution in [0.25, 0.3) is 0 Å². The molecule has 4 heteroatoms. The minimum Gasteiger partial charge on any atom is -0.481 e. The van der Waals surface area contributed by atoms with Crippen LogP contribution in [0.2, 0.25) is 0 Å². The van der Waals surface area contributed by atoms with Gasteiger partial charge in [0.15, 0.2) is 0 Å². The molecule has 1 unspecified atom stereocenters. The summed E-state index contributed by atoms with van der Waals surface area (Å²) < 4.78 is 33.2. The predicted octanol–water partition coefficient (Wildman–Crippen LogP) is 3.82. The number of fused-ring (bicyclic) bond motifs is 1.